The van der Waals surface area contributed by atoms with Crippen molar-refractivity contribution in [2.75, 3.05) is 0 Å². The predicted octanol–water partition coefficient (Wildman–Crippen LogP) is 8.21. The van der Waals surface area contributed by atoms with Crippen molar-refractivity contribution in [1.82, 2.24) is 0 Å². The lowest BCUT2D eigenvalue weighted by atomic mass is 10.1. The van der Waals surface area contributed by atoms with E-state index in [1.165, 1.54) is 109 Å². The van der Waals surface area contributed by atoms with E-state index in [0.717, 1.165) is 0 Å². The summed E-state index contributed by atoms with van der Waals surface area (Å²) in [4.78, 5) is 0. The van der Waals surface area contributed by atoms with Crippen LogP contribution in [0.3, 0.4) is 0 Å². The molecule has 0 aliphatic heterocycles. The van der Waals surface area contributed by atoms with Crippen LogP contribution < -0.4 is 0 Å². The Morgan fingerprint density at radius 3 is 1.05 bits per heavy atom. The lowest BCUT2D eigenvalue weighted by Gasteiger charge is -2.01. The Kier molecular flexibility index (Phi) is 19.5. The van der Waals surface area contributed by atoms with E-state index in [2.05, 4.69) is 26.0 Å². The summed E-state index contributed by atoms with van der Waals surface area (Å²) in [5.74, 6) is 0. The Balaban J connectivity index is 3.00. The lowest BCUT2D eigenvalue weighted by molar-refractivity contribution is 0.550. The van der Waals surface area contributed by atoms with Gasteiger partial charge in [-0.15, -0.1) is 0 Å². The molecule has 0 radical (unpaired) electrons. The minimum Gasteiger partial charge on any atom is -0.0885 e. The normalized spacial score (nSPS) is 11.5. The Hall–Kier alpha value is -0.260. The molecule has 0 heterocycles. The molecule has 0 aromatic carbocycles. The van der Waals surface area contributed by atoms with Gasteiger partial charge < -0.3 is 0 Å². The third-order valence-electron chi connectivity index (χ3n) is 4.37. The lowest BCUT2D eigenvalue weighted by Crippen LogP contribution is -1.82. The van der Waals surface area contributed by atoms with Crippen LogP contribution in [0, 0.1) is 0 Å². The van der Waals surface area contributed by atoms with E-state index in [1.807, 2.05) is 0 Å². The van der Waals surface area contributed by atoms with Crippen LogP contribution in [0.15, 0.2) is 12.2 Å². The van der Waals surface area contributed by atoms with Crippen molar-refractivity contribution < 1.29 is 0 Å². The summed E-state index contributed by atoms with van der Waals surface area (Å²) in [5.41, 5.74) is 0. The van der Waals surface area contributed by atoms with Crippen molar-refractivity contribution in [1.29, 1.82) is 0 Å². The average Bonchev–Trinajstić information content (AvgIpc) is 2.50. The van der Waals surface area contributed by atoms with Crippen LogP contribution in [0.5, 0.6) is 0 Å². The fourth-order valence-corrected chi connectivity index (χ4v) is 2.85. The summed E-state index contributed by atoms with van der Waals surface area (Å²) in [7, 11) is 0. The number of hydrogen-bond donors (Lipinski definition) is 0. The van der Waals surface area contributed by atoms with Crippen LogP contribution in [0.1, 0.15) is 123 Å². The standard InChI is InChI=1S/C21H42/c1-3-5-7-9-11-13-15-17-19-21-20-18-16-14-12-10-8-6-4-2/h13,15H,3-12,14,16-21H2,1-2H3/b15-13-. The first-order valence-corrected chi connectivity index (χ1v) is 10.1. The molecule has 0 saturated carbocycles. The van der Waals surface area contributed by atoms with E-state index in [4.69, 9.17) is 0 Å². The van der Waals surface area contributed by atoms with Gasteiger partial charge in [-0.05, 0) is 25.7 Å². The number of hydrogen-bond acceptors (Lipinski definition) is 0. The topological polar surface area (TPSA) is 0 Å². The molecular weight excluding hydrogens is 252 g/mol. The maximum atomic E-state index is 2.42. The van der Waals surface area contributed by atoms with Crippen molar-refractivity contribution in [3.63, 3.8) is 0 Å². The van der Waals surface area contributed by atoms with E-state index in [1.54, 1.807) is 0 Å². The molecule has 0 N–H and O–H groups in total. The van der Waals surface area contributed by atoms with Crippen molar-refractivity contribution in [2.24, 2.45) is 0 Å². The van der Waals surface area contributed by atoms with Crippen LogP contribution in [0.4, 0.5) is 0 Å². The molecule has 0 rings (SSSR count). The molecule has 126 valence electrons. The zero-order valence-corrected chi connectivity index (χ0v) is 15.2. The van der Waals surface area contributed by atoms with Crippen LogP contribution >= 0.6 is 0 Å². The second kappa shape index (κ2) is 19.7. The molecule has 0 spiro atoms. The van der Waals surface area contributed by atoms with Crippen LogP contribution in [-0.2, 0) is 0 Å². The molecule has 0 aromatic rings. The molecule has 21 heavy (non-hydrogen) atoms. The van der Waals surface area contributed by atoms with Gasteiger partial charge in [0.2, 0.25) is 0 Å². The van der Waals surface area contributed by atoms with Gasteiger partial charge in [0.25, 0.3) is 0 Å². The molecule has 0 saturated heterocycles. The predicted molar refractivity (Wildman–Crippen MR) is 99.0 cm³/mol. The minimum atomic E-state index is 1.30. The molecule has 0 aliphatic rings. The molecule has 0 unspecified atom stereocenters. The molecule has 0 aromatic heterocycles. The first-order chi connectivity index (χ1) is 10.4. The highest BCUT2D eigenvalue weighted by Crippen LogP contribution is 2.12. The molecule has 0 bridgehead atoms. The molecule has 0 amide bonds. The van der Waals surface area contributed by atoms with Crippen molar-refractivity contribution in [2.45, 2.75) is 123 Å². The Bertz CT molecular complexity index is 192. The maximum absolute atomic E-state index is 2.42. The molecule has 0 atom stereocenters. The van der Waals surface area contributed by atoms with Crippen LogP contribution in [0.2, 0.25) is 0 Å². The van der Waals surface area contributed by atoms with Gasteiger partial charge in [0.1, 0.15) is 0 Å². The van der Waals surface area contributed by atoms with E-state index in [-0.39, 0.29) is 0 Å². The zero-order chi connectivity index (χ0) is 15.4. The molecule has 0 nitrogen and oxygen atoms in total. The van der Waals surface area contributed by atoms with Crippen molar-refractivity contribution >= 4 is 0 Å². The summed E-state index contributed by atoms with van der Waals surface area (Å²) in [5, 5.41) is 0. The highest BCUT2D eigenvalue weighted by molar-refractivity contribution is 4.81. The van der Waals surface area contributed by atoms with Gasteiger partial charge in [-0.2, -0.15) is 0 Å². The minimum absolute atomic E-state index is 1.30. The van der Waals surface area contributed by atoms with Gasteiger partial charge in [-0.25, -0.2) is 0 Å². The average molecular weight is 295 g/mol. The number of rotatable bonds is 17. The Labute approximate surface area is 135 Å². The van der Waals surface area contributed by atoms with Crippen LogP contribution in [0.25, 0.3) is 0 Å². The van der Waals surface area contributed by atoms with E-state index in [9.17, 15) is 0 Å². The van der Waals surface area contributed by atoms with Gasteiger partial charge in [-0.3, -0.25) is 0 Å². The maximum Gasteiger partial charge on any atom is -0.0351 e. The Morgan fingerprint density at radius 1 is 0.381 bits per heavy atom. The monoisotopic (exact) mass is 294 g/mol. The number of unbranched alkanes of at least 4 members (excludes halogenated alkanes) is 15. The van der Waals surface area contributed by atoms with Gasteiger partial charge >= 0.3 is 0 Å². The largest absolute Gasteiger partial charge is 0.0885 e. The summed E-state index contributed by atoms with van der Waals surface area (Å²) in [6.45, 7) is 4.57. The van der Waals surface area contributed by atoms with Crippen LogP contribution in [-0.4, -0.2) is 0 Å². The van der Waals surface area contributed by atoms with E-state index in [0.29, 0.717) is 0 Å². The fraction of sp³-hybridized carbons (Fsp3) is 0.905. The molecular formula is C21H42. The zero-order valence-electron chi connectivity index (χ0n) is 15.2. The van der Waals surface area contributed by atoms with E-state index < -0.39 is 0 Å². The van der Waals surface area contributed by atoms with Crippen molar-refractivity contribution in [3.8, 4) is 0 Å². The van der Waals surface area contributed by atoms with E-state index >= 15 is 0 Å². The molecule has 0 heteroatoms. The van der Waals surface area contributed by atoms with Gasteiger partial charge in [0.15, 0.2) is 0 Å². The summed E-state index contributed by atoms with van der Waals surface area (Å²) in [6, 6.07) is 0. The Morgan fingerprint density at radius 2 is 0.667 bits per heavy atom. The van der Waals surface area contributed by atoms with Gasteiger partial charge in [-0.1, -0.05) is 109 Å². The molecule has 0 fully saturated rings. The summed E-state index contributed by atoms with van der Waals surface area (Å²) >= 11 is 0. The van der Waals surface area contributed by atoms with Gasteiger partial charge in [0, 0.05) is 0 Å². The third kappa shape index (κ3) is 19.7. The highest BCUT2D eigenvalue weighted by Gasteiger charge is 1.92. The summed E-state index contributed by atoms with van der Waals surface area (Å²) < 4.78 is 0. The third-order valence-corrected chi connectivity index (χ3v) is 4.37. The molecule has 0 aliphatic carbocycles. The second-order valence-corrected chi connectivity index (χ2v) is 6.64. The summed E-state index contributed by atoms with van der Waals surface area (Å²) in [6.07, 6.45) is 28.9. The SMILES string of the molecule is CCCCCC/C=C\CCCCCCCCCCCCC. The quantitative estimate of drug-likeness (QED) is 0.187. The van der Waals surface area contributed by atoms with Crippen molar-refractivity contribution in [3.05, 3.63) is 12.2 Å². The van der Waals surface area contributed by atoms with Gasteiger partial charge in [0.05, 0.1) is 0 Å². The first-order valence-electron chi connectivity index (χ1n) is 10.1. The highest BCUT2D eigenvalue weighted by atomic mass is 14.0. The smallest absolute Gasteiger partial charge is 0.0351 e. The fourth-order valence-electron chi connectivity index (χ4n) is 2.85. The first kappa shape index (κ1) is 20.7. The number of allylic oxidation sites excluding steroid dienone is 2. The second-order valence-electron chi connectivity index (χ2n) is 6.64.